The van der Waals surface area contributed by atoms with E-state index in [1.807, 2.05) is 30.5 Å². The van der Waals surface area contributed by atoms with Crippen LogP contribution in [0, 0.1) is 5.92 Å². The van der Waals surface area contributed by atoms with Gasteiger partial charge in [0.25, 0.3) is 0 Å². The molecule has 0 spiro atoms. The van der Waals surface area contributed by atoms with E-state index in [0.717, 1.165) is 17.9 Å². The molecule has 0 fully saturated rings. The van der Waals surface area contributed by atoms with Gasteiger partial charge in [0, 0.05) is 6.21 Å². The largest absolute Gasteiger partial charge is 0.497 e. The Morgan fingerprint density at radius 1 is 1.26 bits per heavy atom. The molecule has 0 radical (unpaired) electrons. The summed E-state index contributed by atoms with van der Waals surface area (Å²) < 4.78 is 5.12. The molecule has 0 aliphatic heterocycles. The zero-order valence-electron chi connectivity index (χ0n) is 12.5. The molecular formula is C17H25NO. The molecule has 0 aliphatic carbocycles. The highest BCUT2D eigenvalue weighted by molar-refractivity contribution is 5.63. The average Bonchev–Trinajstić information content (AvgIpc) is 2.39. The summed E-state index contributed by atoms with van der Waals surface area (Å²) in [7, 11) is 1.67. The van der Waals surface area contributed by atoms with Gasteiger partial charge < -0.3 is 4.74 Å². The van der Waals surface area contributed by atoms with Crippen LogP contribution in [0.15, 0.2) is 40.9 Å². The monoisotopic (exact) mass is 259 g/mol. The van der Waals surface area contributed by atoms with Crippen LogP contribution in [-0.2, 0) is 0 Å². The molecule has 2 heteroatoms. The van der Waals surface area contributed by atoms with E-state index in [4.69, 9.17) is 4.74 Å². The highest BCUT2D eigenvalue weighted by Crippen LogP contribution is 2.18. The fourth-order valence-corrected chi connectivity index (χ4v) is 1.78. The number of nitrogens with zero attached hydrogens (tertiary/aromatic N) is 1. The van der Waals surface area contributed by atoms with E-state index in [-0.39, 0.29) is 0 Å². The predicted molar refractivity (Wildman–Crippen MR) is 83.6 cm³/mol. The molecule has 0 heterocycles. The lowest BCUT2D eigenvalue weighted by Gasteiger charge is -2.06. The second-order valence-electron chi connectivity index (χ2n) is 5.21. The van der Waals surface area contributed by atoms with Crippen LogP contribution >= 0.6 is 0 Å². The standard InChI is InChI=1S/C17H25NO/c1-14(2)6-5-7-15(3)12-13-18-16-8-10-17(19-4)11-9-16/h6,8-11,13,15H,5,7,12H2,1-4H3/b18-13+. The Bertz CT molecular complexity index is 413. The van der Waals surface area contributed by atoms with Gasteiger partial charge in [0.15, 0.2) is 0 Å². The van der Waals surface area contributed by atoms with Crippen molar-refractivity contribution < 1.29 is 4.74 Å². The Labute approximate surface area is 117 Å². The van der Waals surface area contributed by atoms with Crippen molar-refractivity contribution in [2.45, 2.75) is 40.0 Å². The summed E-state index contributed by atoms with van der Waals surface area (Å²) in [5, 5.41) is 0. The molecule has 2 nitrogen and oxygen atoms in total. The molecule has 1 atom stereocenters. The van der Waals surface area contributed by atoms with Crippen molar-refractivity contribution in [3.05, 3.63) is 35.9 Å². The minimum atomic E-state index is 0.678. The third kappa shape index (κ3) is 6.80. The number of methoxy groups -OCH3 is 1. The number of hydrogen-bond acceptors (Lipinski definition) is 2. The Morgan fingerprint density at radius 3 is 2.53 bits per heavy atom. The van der Waals surface area contributed by atoms with Crippen molar-refractivity contribution in [1.29, 1.82) is 0 Å². The van der Waals surface area contributed by atoms with Crippen molar-refractivity contribution in [3.8, 4) is 5.75 Å². The first-order chi connectivity index (χ1) is 9.11. The van der Waals surface area contributed by atoms with Crippen LogP contribution in [0.4, 0.5) is 5.69 Å². The van der Waals surface area contributed by atoms with Crippen molar-refractivity contribution >= 4 is 11.9 Å². The van der Waals surface area contributed by atoms with Gasteiger partial charge in [-0.1, -0.05) is 18.6 Å². The fraction of sp³-hybridized carbons (Fsp3) is 0.471. The first-order valence-electron chi connectivity index (χ1n) is 6.91. The molecule has 0 bridgehead atoms. The Kier molecular flexibility index (Phi) is 6.94. The van der Waals surface area contributed by atoms with Crippen molar-refractivity contribution in [2.24, 2.45) is 10.9 Å². The van der Waals surface area contributed by atoms with Crippen molar-refractivity contribution in [1.82, 2.24) is 0 Å². The van der Waals surface area contributed by atoms with E-state index in [1.165, 1.54) is 18.4 Å². The number of benzene rings is 1. The van der Waals surface area contributed by atoms with E-state index in [1.54, 1.807) is 7.11 Å². The van der Waals surface area contributed by atoms with Gasteiger partial charge in [-0.05, 0) is 63.3 Å². The predicted octanol–water partition coefficient (Wildman–Crippen LogP) is 5.17. The lowest BCUT2D eigenvalue weighted by Crippen LogP contribution is -1.94. The summed E-state index contributed by atoms with van der Waals surface area (Å²) in [4.78, 5) is 4.47. The SMILES string of the molecule is COc1ccc(/N=C/CC(C)CCC=C(C)C)cc1. The molecule has 1 aromatic rings. The molecular weight excluding hydrogens is 234 g/mol. The number of rotatable bonds is 7. The van der Waals surface area contributed by atoms with Gasteiger partial charge in [-0.3, -0.25) is 4.99 Å². The zero-order chi connectivity index (χ0) is 14.1. The minimum absolute atomic E-state index is 0.678. The lowest BCUT2D eigenvalue weighted by molar-refractivity contribution is 0.415. The van der Waals surface area contributed by atoms with Crippen molar-refractivity contribution in [2.75, 3.05) is 7.11 Å². The van der Waals surface area contributed by atoms with E-state index in [2.05, 4.69) is 31.8 Å². The Morgan fingerprint density at radius 2 is 1.95 bits per heavy atom. The van der Waals surface area contributed by atoms with Gasteiger partial charge in [0.05, 0.1) is 12.8 Å². The molecule has 0 saturated heterocycles. The van der Waals surface area contributed by atoms with Gasteiger partial charge in [0.2, 0.25) is 0 Å². The Balaban J connectivity index is 2.34. The second kappa shape index (κ2) is 8.52. The summed E-state index contributed by atoms with van der Waals surface area (Å²) in [5.41, 5.74) is 2.39. The first-order valence-corrected chi connectivity index (χ1v) is 6.91. The first kappa shape index (κ1) is 15.5. The number of ether oxygens (including phenoxy) is 1. The van der Waals surface area contributed by atoms with E-state index < -0.39 is 0 Å². The maximum absolute atomic E-state index is 5.12. The third-order valence-electron chi connectivity index (χ3n) is 3.03. The average molecular weight is 259 g/mol. The lowest BCUT2D eigenvalue weighted by atomic mass is 10.0. The van der Waals surface area contributed by atoms with Gasteiger partial charge in [-0.25, -0.2) is 0 Å². The van der Waals surface area contributed by atoms with E-state index >= 15 is 0 Å². The van der Waals surface area contributed by atoms with Crippen LogP contribution in [0.5, 0.6) is 5.75 Å². The summed E-state index contributed by atoms with van der Waals surface area (Å²) in [6, 6.07) is 7.82. The molecule has 1 aromatic carbocycles. The maximum atomic E-state index is 5.12. The smallest absolute Gasteiger partial charge is 0.119 e. The number of hydrogen-bond donors (Lipinski definition) is 0. The highest BCUT2D eigenvalue weighted by atomic mass is 16.5. The fourth-order valence-electron chi connectivity index (χ4n) is 1.78. The van der Waals surface area contributed by atoms with Crippen LogP contribution in [0.2, 0.25) is 0 Å². The van der Waals surface area contributed by atoms with Crippen LogP contribution in [0.25, 0.3) is 0 Å². The van der Waals surface area contributed by atoms with Gasteiger partial charge >= 0.3 is 0 Å². The Hall–Kier alpha value is -1.57. The molecule has 0 aliphatic rings. The second-order valence-corrected chi connectivity index (χ2v) is 5.21. The highest BCUT2D eigenvalue weighted by Gasteiger charge is 1.98. The van der Waals surface area contributed by atoms with Crippen LogP contribution < -0.4 is 4.74 Å². The number of allylic oxidation sites excluding steroid dienone is 2. The third-order valence-corrected chi connectivity index (χ3v) is 3.03. The quantitative estimate of drug-likeness (QED) is 0.489. The van der Waals surface area contributed by atoms with Crippen LogP contribution in [-0.4, -0.2) is 13.3 Å². The molecule has 0 saturated carbocycles. The normalized spacial score (nSPS) is 12.4. The maximum Gasteiger partial charge on any atom is 0.119 e. The van der Waals surface area contributed by atoms with E-state index in [9.17, 15) is 0 Å². The molecule has 1 rings (SSSR count). The summed E-state index contributed by atoms with van der Waals surface area (Å²) in [6.07, 6.45) is 7.74. The van der Waals surface area contributed by atoms with E-state index in [0.29, 0.717) is 5.92 Å². The van der Waals surface area contributed by atoms with Crippen LogP contribution in [0.3, 0.4) is 0 Å². The molecule has 0 N–H and O–H groups in total. The summed E-state index contributed by atoms with van der Waals surface area (Å²) in [5.74, 6) is 1.55. The molecule has 0 aromatic heterocycles. The molecule has 104 valence electrons. The summed E-state index contributed by atoms with van der Waals surface area (Å²) in [6.45, 7) is 6.57. The minimum Gasteiger partial charge on any atom is -0.497 e. The molecule has 1 unspecified atom stereocenters. The summed E-state index contributed by atoms with van der Waals surface area (Å²) >= 11 is 0. The topological polar surface area (TPSA) is 21.6 Å². The van der Waals surface area contributed by atoms with Gasteiger partial charge in [-0.2, -0.15) is 0 Å². The molecule has 0 amide bonds. The number of aliphatic imine (C=N–C) groups is 1. The zero-order valence-corrected chi connectivity index (χ0v) is 12.5. The van der Waals surface area contributed by atoms with Crippen molar-refractivity contribution in [3.63, 3.8) is 0 Å². The van der Waals surface area contributed by atoms with Gasteiger partial charge in [0.1, 0.15) is 5.75 Å². The molecule has 19 heavy (non-hydrogen) atoms. The van der Waals surface area contributed by atoms with Gasteiger partial charge in [-0.15, -0.1) is 0 Å². The van der Waals surface area contributed by atoms with Crippen LogP contribution in [0.1, 0.15) is 40.0 Å².